The fourth-order valence-corrected chi connectivity index (χ4v) is 4.13. The van der Waals surface area contributed by atoms with E-state index in [9.17, 15) is 19.6 Å². The van der Waals surface area contributed by atoms with Crippen molar-refractivity contribution in [2.24, 2.45) is 0 Å². The quantitative estimate of drug-likeness (QED) is 0.429. The molecule has 9 heteroatoms. The first-order valence-corrected chi connectivity index (χ1v) is 10.9. The van der Waals surface area contributed by atoms with Crippen molar-refractivity contribution in [3.8, 4) is 17.3 Å². The third kappa shape index (κ3) is 4.19. The Labute approximate surface area is 194 Å². The Morgan fingerprint density at radius 1 is 1.18 bits per heavy atom. The Bertz CT molecular complexity index is 1450. The summed E-state index contributed by atoms with van der Waals surface area (Å²) in [5, 5.41) is 22.4. The number of nitrogens with zero attached hydrogens (tertiary/aromatic N) is 4. The van der Waals surface area contributed by atoms with Crippen LogP contribution in [0.15, 0.2) is 59.7 Å². The van der Waals surface area contributed by atoms with Crippen LogP contribution >= 0.6 is 0 Å². The van der Waals surface area contributed by atoms with Gasteiger partial charge in [-0.25, -0.2) is 14.4 Å². The molecule has 1 aliphatic rings. The Balaban J connectivity index is 1.53. The number of piperidine rings is 1. The molecular formula is C25H21FN6O2. The number of halogens is 1. The summed E-state index contributed by atoms with van der Waals surface area (Å²) in [6, 6.07) is 13.0. The number of nitrogens with one attached hydrogen (secondary N) is 2. The van der Waals surface area contributed by atoms with Crippen LogP contribution < -0.4 is 15.8 Å². The second-order valence-corrected chi connectivity index (χ2v) is 8.17. The van der Waals surface area contributed by atoms with Gasteiger partial charge in [0.15, 0.2) is 0 Å². The van der Waals surface area contributed by atoms with Gasteiger partial charge in [0.05, 0.1) is 51.9 Å². The number of aromatic nitrogens is 3. The Hall–Kier alpha value is -4.29. The average Bonchev–Trinajstić information content (AvgIpc) is 2.85. The number of aliphatic hydroxyl groups excluding tert-OH is 1. The minimum atomic E-state index is -0.518. The van der Waals surface area contributed by atoms with Gasteiger partial charge < -0.3 is 20.3 Å². The summed E-state index contributed by atoms with van der Waals surface area (Å²) in [4.78, 5) is 26.4. The molecule has 1 aliphatic heterocycles. The van der Waals surface area contributed by atoms with Crippen LogP contribution in [0.4, 0.5) is 21.6 Å². The van der Waals surface area contributed by atoms with E-state index in [1.807, 2.05) is 12.1 Å². The third-order valence-electron chi connectivity index (χ3n) is 5.94. The number of hydrogen-bond acceptors (Lipinski definition) is 7. The molecule has 1 saturated heterocycles. The van der Waals surface area contributed by atoms with Crippen LogP contribution in [0.3, 0.4) is 0 Å². The third-order valence-corrected chi connectivity index (χ3v) is 5.94. The molecule has 0 amide bonds. The first kappa shape index (κ1) is 21.6. The largest absolute Gasteiger partial charge is 0.393 e. The molecule has 3 N–H and O–H groups in total. The number of nitriles is 1. The minimum Gasteiger partial charge on any atom is -0.393 e. The fraction of sp³-hybridized carbons (Fsp3) is 0.200. The molecule has 0 unspecified atom stereocenters. The molecule has 0 radical (unpaired) electrons. The summed E-state index contributed by atoms with van der Waals surface area (Å²) >= 11 is 0. The number of rotatable bonds is 4. The van der Waals surface area contributed by atoms with E-state index in [0.29, 0.717) is 33.7 Å². The lowest BCUT2D eigenvalue weighted by Crippen LogP contribution is -2.35. The second kappa shape index (κ2) is 8.92. The molecule has 170 valence electrons. The number of H-pyrrole nitrogens is 1. The van der Waals surface area contributed by atoms with E-state index in [4.69, 9.17) is 0 Å². The lowest BCUT2D eigenvalue weighted by molar-refractivity contribution is 0.145. The highest BCUT2D eigenvalue weighted by molar-refractivity contribution is 5.94. The maximum Gasteiger partial charge on any atom is 0.259 e. The predicted octanol–water partition coefficient (Wildman–Crippen LogP) is 3.70. The van der Waals surface area contributed by atoms with Crippen molar-refractivity contribution in [2.75, 3.05) is 23.3 Å². The molecule has 5 rings (SSSR count). The maximum atomic E-state index is 14.6. The van der Waals surface area contributed by atoms with Crippen LogP contribution in [0.1, 0.15) is 18.4 Å². The molecule has 4 aromatic rings. The van der Waals surface area contributed by atoms with Gasteiger partial charge in [-0.2, -0.15) is 5.26 Å². The van der Waals surface area contributed by atoms with Crippen molar-refractivity contribution in [1.82, 2.24) is 15.0 Å². The van der Waals surface area contributed by atoms with Crippen molar-refractivity contribution in [3.63, 3.8) is 0 Å². The van der Waals surface area contributed by atoms with Gasteiger partial charge in [-0.05, 0) is 55.3 Å². The number of anilines is 3. The van der Waals surface area contributed by atoms with E-state index >= 15 is 0 Å². The Morgan fingerprint density at radius 2 is 2.00 bits per heavy atom. The summed E-state index contributed by atoms with van der Waals surface area (Å²) in [5.41, 5.74) is 2.18. The first-order valence-electron chi connectivity index (χ1n) is 10.9. The molecule has 3 aromatic heterocycles. The van der Waals surface area contributed by atoms with Crippen LogP contribution in [0.5, 0.6) is 0 Å². The molecule has 1 aromatic carbocycles. The molecule has 0 bridgehead atoms. The van der Waals surface area contributed by atoms with Crippen molar-refractivity contribution in [3.05, 3.63) is 76.6 Å². The fourth-order valence-electron chi connectivity index (χ4n) is 4.13. The van der Waals surface area contributed by atoms with Crippen LogP contribution in [-0.2, 0) is 0 Å². The molecule has 0 atom stereocenters. The molecule has 1 fully saturated rings. The van der Waals surface area contributed by atoms with Crippen molar-refractivity contribution >= 4 is 28.1 Å². The monoisotopic (exact) mass is 456 g/mol. The molecule has 0 aliphatic carbocycles. The SMILES string of the molecule is N#Cc1ccc(F)c(-c2cc(Nc3ccc(N4CCC(O)CC4)cn3)c3c(=O)[nH]ccc3n2)c1. The van der Waals surface area contributed by atoms with Crippen molar-refractivity contribution < 1.29 is 9.50 Å². The highest BCUT2D eigenvalue weighted by Gasteiger charge is 2.18. The number of pyridine rings is 3. The zero-order chi connectivity index (χ0) is 23.7. The summed E-state index contributed by atoms with van der Waals surface area (Å²) in [5.74, 6) is -0.00971. The predicted molar refractivity (Wildman–Crippen MR) is 127 cm³/mol. The van der Waals surface area contributed by atoms with Crippen LogP contribution in [0.25, 0.3) is 22.2 Å². The lowest BCUT2D eigenvalue weighted by atomic mass is 10.1. The normalized spacial score (nSPS) is 14.2. The number of aliphatic hydroxyl groups is 1. The number of hydrogen-bond donors (Lipinski definition) is 3. The van der Waals surface area contributed by atoms with Gasteiger partial charge in [-0.3, -0.25) is 4.79 Å². The van der Waals surface area contributed by atoms with Crippen LogP contribution in [-0.4, -0.2) is 39.3 Å². The van der Waals surface area contributed by atoms with E-state index < -0.39 is 5.82 Å². The van der Waals surface area contributed by atoms with Gasteiger partial charge >= 0.3 is 0 Å². The molecule has 0 spiro atoms. The maximum absolute atomic E-state index is 14.6. The summed E-state index contributed by atoms with van der Waals surface area (Å²) in [6.45, 7) is 1.52. The minimum absolute atomic E-state index is 0.167. The van der Waals surface area contributed by atoms with Crippen molar-refractivity contribution in [2.45, 2.75) is 18.9 Å². The molecule has 0 saturated carbocycles. The molecular weight excluding hydrogens is 435 g/mol. The topological polar surface area (TPSA) is 118 Å². The molecule has 4 heterocycles. The summed E-state index contributed by atoms with van der Waals surface area (Å²) < 4.78 is 14.6. The highest BCUT2D eigenvalue weighted by Crippen LogP contribution is 2.30. The lowest BCUT2D eigenvalue weighted by Gasteiger charge is -2.31. The number of aromatic amines is 1. The van der Waals surface area contributed by atoms with Crippen molar-refractivity contribution in [1.29, 1.82) is 5.26 Å². The van der Waals surface area contributed by atoms with Gasteiger partial charge in [0.25, 0.3) is 5.56 Å². The summed E-state index contributed by atoms with van der Waals surface area (Å²) in [6.07, 6.45) is 4.41. The molecule has 34 heavy (non-hydrogen) atoms. The summed E-state index contributed by atoms with van der Waals surface area (Å²) in [7, 11) is 0. The van der Waals surface area contributed by atoms with Gasteiger partial charge in [0.2, 0.25) is 0 Å². The zero-order valence-corrected chi connectivity index (χ0v) is 18.1. The first-order chi connectivity index (χ1) is 16.5. The standard InChI is InChI=1S/C25H21FN6O2/c26-19-3-1-15(13-27)11-18(19)21-12-22(24-20(30-21)5-8-28-25(24)34)31-23-4-2-16(14-29-23)32-9-6-17(33)7-10-32/h1-5,8,11-12,14,17,33H,6-7,9-10H2,(H,28,34)(H,29,30,31). The zero-order valence-electron chi connectivity index (χ0n) is 18.1. The van der Waals surface area contributed by atoms with Gasteiger partial charge in [0.1, 0.15) is 11.6 Å². The van der Waals surface area contributed by atoms with Crippen LogP contribution in [0.2, 0.25) is 0 Å². The van der Waals surface area contributed by atoms with E-state index in [1.165, 1.54) is 24.4 Å². The number of benzene rings is 1. The molecule has 8 nitrogen and oxygen atoms in total. The van der Waals surface area contributed by atoms with Gasteiger partial charge in [-0.15, -0.1) is 0 Å². The van der Waals surface area contributed by atoms with Crippen LogP contribution in [0, 0.1) is 17.1 Å². The number of fused-ring (bicyclic) bond motifs is 1. The van der Waals surface area contributed by atoms with E-state index in [0.717, 1.165) is 31.6 Å². The second-order valence-electron chi connectivity index (χ2n) is 8.17. The highest BCUT2D eigenvalue weighted by atomic mass is 19.1. The van der Waals surface area contributed by atoms with E-state index in [2.05, 4.69) is 25.2 Å². The smallest absolute Gasteiger partial charge is 0.259 e. The van der Waals surface area contributed by atoms with E-state index in [1.54, 1.807) is 24.4 Å². The Morgan fingerprint density at radius 3 is 2.74 bits per heavy atom. The van der Waals surface area contributed by atoms with Gasteiger partial charge in [0, 0.05) is 24.8 Å². The Kier molecular flexibility index (Phi) is 5.65. The average molecular weight is 456 g/mol. The van der Waals surface area contributed by atoms with Gasteiger partial charge in [-0.1, -0.05) is 0 Å². The van der Waals surface area contributed by atoms with E-state index in [-0.39, 0.29) is 17.2 Å².